The molecule has 0 atom stereocenters. The molecule has 1 aromatic heterocycles. The minimum absolute atomic E-state index is 0.155. The Morgan fingerprint density at radius 2 is 2.29 bits per heavy atom. The first-order valence-corrected chi connectivity index (χ1v) is 6.21. The topological polar surface area (TPSA) is 74.8 Å². The van der Waals surface area contributed by atoms with Crippen LogP contribution in [0.15, 0.2) is 6.20 Å². The molecule has 0 saturated carbocycles. The molecule has 0 radical (unpaired) electrons. The zero-order chi connectivity index (χ0) is 10.6. The first-order valence-electron chi connectivity index (χ1n) is 4.55. The fourth-order valence-corrected chi connectivity index (χ4v) is 2.28. The van der Waals surface area contributed by atoms with Gasteiger partial charge in [0.15, 0.2) is 0 Å². The summed E-state index contributed by atoms with van der Waals surface area (Å²) in [7, 11) is -3.21. The van der Waals surface area contributed by atoms with Gasteiger partial charge >= 0.3 is 0 Å². The Kier molecular flexibility index (Phi) is 3.51. The zero-order valence-corrected chi connectivity index (χ0v) is 9.19. The maximum atomic E-state index is 11.5. The van der Waals surface area contributed by atoms with Crippen molar-refractivity contribution >= 4 is 15.8 Å². The van der Waals surface area contributed by atoms with Gasteiger partial charge in [-0.1, -0.05) is 13.3 Å². The minimum atomic E-state index is -3.21. The van der Waals surface area contributed by atoms with Crippen LogP contribution < -0.4 is 4.72 Å². The zero-order valence-electron chi connectivity index (χ0n) is 8.37. The molecule has 14 heavy (non-hydrogen) atoms. The standard InChI is InChI=1S/C8H15N3O2S/c1-3-4-5-14(12,13)11-8-7(2)6-9-10-8/h6H,3-5H2,1-2H3,(H2,9,10,11). The maximum Gasteiger partial charge on any atom is 0.233 e. The molecule has 0 aliphatic carbocycles. The second-order valence-electron chi connectivity index (χ2n) is 3.20. The number of sulfonamides is 1. The predicted molar refractivity (Wildman–Crippen MR) is 55.6 cm³/mol. The monoisotopic (exact) mass is 217 g/mol. The Morgan fingerprint density at radius 1 is 1.57 bits per heavy atom. The summed E-state index contributed by atoms with van der Waals surface area (Å²) >= 11 is 0. The van der Waals surface area contributed by atoms with Gasteiger partial charge in [-0.3, -0.25) is 9.82 Å². The van der Waals surface area contributed by atoms with Gasteiger partial charge in [-0.15, -0.1) is 0 Å². The molecule has 0 bridgehead atoms. The Hall–Kier alpha value is -1.04. The number of hydrogen-bond acceptors (Lipinski definition) is 3. The number of H-pyrrole nitrogens is 1. The lowest BCUT2D eigenvalue weighted by Crippen LogP contribution is -2.17. The number of aromatic nitrogens is 2. The largest absolute Gasteiger partial charge is 0.268 e. The van der Waals surface area contributed by atoms with Crippen molar-refractivity contribution in [3.8, 4) is 0 Å². The highest BCUT2D eigenvalue weighted by Crippen LogP contribution is 2.11. The Labute approximate surface area is 84.0 Å². The van der Waals surface area contributed by atoms with E-state index in [-0.39, 0.29) is 5.75 Å². The van der Waals surface area contributed by atoms with Crippen LogP contribution in [0.4, 0.5) is 5.82 Å². The molecular weight excluding hydrogens is 202 g/mol. The molecule has 0 spiro atoms. The summed E-state index contributed by atoms with van der Waals surface area (Å²) in [5.74, 6) is 0.614. The maximum absolute atomic E-state index is 11.5. The molecule has 0 unspecified atom stereocenters. The second-order valence-corrected chi connectivity index (χ2v) is 5.04. The molecular formula is C8H15N3O2S. The normalized spacial score (nSPS) is 11.6. The van der Waals surface area contributed by atoms with Gasteiger partial charge in [0.1, 0.15) is 5.82 Å². The van der Waals surface area contributed by atoms with Gasteiger partial charge < -0.3 is 0 Å². The summed E-state index contributed by atoms with van der Waals surface area (Å²) in [5.41, 5.74) is 0.796. The van der Waals surface area contributed by atoms with Crippen molar-refractivity contribution in [3.63, 3.8) is 0 Å². The molecule has 1 heterocycles. The van der Waals surface area contributed by atoms with Crippen LogP contribution >= 0.6 is 0 Å². The van der Waals surface area contributed by atoms with Crippen molar-refractivity contribution in [3.05, 3.63) is 11.8 Å². The number of unbranched alkanes of at least 4 members (excludes halogenated alkanes) is 1. The fraction of sp³-hybridized carbons (Fsp3) is 0.625. The molecule has 2 N–H and O–H groups in total. The molecule has 0 saturated heterocycles. The summed E-state index contributed by atoms with van der Waals surface area (Å²) < 4.78 is 25.4. The van der Waals surface area contributed by atoms with Gasteiger partial charge in [0.25, 0.3) is 0 Å². The van der Waals surface area contributed by atoms with E-state index >= 15 is 0 Å². The van der Waals surface area contributed by atoms with Gasteiger partial charge in [-0.2, -0.15) is 5.10 Å². The minimum Gasteiger partial charge on any atom is -0.268 e. The Morgan fingerprint density at radius 3 is 2.79 bits per heavy atom. The highest BCUT2D eigenvalue weighted by molar-refractivity contribution is 7.92. The second kappa shape index (κ2) is 4.45. The van der Waals surface area contributed by atoms with Crippen molar-refractivity contribution < 1.29 is 8.42 Å². The van der Waals surface area contributed by atoms with Crippen molar-refractivity contribution in [1.82, 2.24) is 10.2 Å². The lowest BCUT2D eigenvalue weighted by Gasteiger charge is -2.05. The van der Waals surface area contributed by atoms with Crippen LogP contribution in [0, 0.1) is 6.92 Å². The van der Waals surface area contributed by atoms with Crippen molar-refractivity contribution in [2.75, 3.05) is 10.5 Å². The quantitative estimate of drug-likeness (QED) is 0.779. The van der Waals surface area contributed by atoms with Crippen LogP contribution in [0.2, 0.25) is 0 Å². The third-order valence-corrected chi connectivity index (χ3v) is 3.19. The van der Waals surface area contributed by atoms with Crippen molar-refractivity contribution in [2.24, 2.45) is 0 Å². The van der Waals surface area contributed by atoms with Gasteiger partial charge in [-0.25, -0.2) is 8.42 Å². The number of nitrogens with zero attached hydrogens (tertiary/aromatic N) is 1. The SMILES string of the molecule is CCCCS(=O)(=O)Nc1[nH]ncc1C. The molecule has 0 aliphatic heterocycles. The van der Waals surface area contributed by atoms with E-state index in [2.05, 4.69) is 14.9 Å². The van der Waals surface area contributed by atoms with Crippen LogP contribution in [0.5, 0.6) is 0 Å². The van der Waals surface area contributed by atoms with E-state index in [1.54, 1.807) is 13.1 Å². The van der Waals surface area contributed by atoms with Gasteiger partial charge in [-0.05, 0) is 13.3 Å². The summed E-state index contributed by atoms with van der Waals surface area (Å²) in [6, 6.07) is 0. The Bertz CT molecular complexity index is 383. The van der Waals surface area contributed by atoms with Gasteiger partial charge in [0.2, 0.25) is 10.0 Å². The molecule has 1 aromatic rings. The third kappa shape index (κ3) is 3.02. The molecule has 6 heteroatoms. The van der Waals surface area contributed by atoms with Crippen molar-refractivity contribution in [2.45, 2.75) is 26.7 Å². The van der Waals surface area contributed by atoms with E-state index in [0.29, 0.717) is 12.2 Å². The molecule has 1 rings (SSSR count). The summed E-state index contributed by atoms with van der Waals surface area (Å²) in [5, 5.41) is 6.33. The third-order valence-electron chi connectivity index (χ3n) is 1.85. The smallest absolute Gasteiger partial charge is 0.233 e. The fourth-order valence-electron chi connectivity index (χ4n) is 0.991. The number of aryl methyl sites for hydroxylation is 1. The van der Waals surface area contributed by atoms with Crippen LogP contribution in [0.3, 0.4) is 0 Å². The van der Waals surface area contributed by atoms with E-state index < -0.39 is 10.0 Å². The predicted octanol–water partition coefficient (Wildman–Crippen LogP) is 1.26. The van der Waals surface area contributed by atoms with E-state index in [9.17, 15) is 8.42 Å². The highest BCUT2D eigenvalue weighted by atomic mass is 32.2. The average Bonchev–Trinajstić information content (AvgIpc) is 2.48. The van der Waals surface area contributed by atoms with E-state index in [1.807, 2.05) is 6.92 Å². The lowest BCUT2D eigenvalue weighted by atomic mass is 10.4. The molecule has 5 nitrogen and oxygen atoms in total. The lowest BCUT2D eigenvalue weighted by molar-refractivity contribution is 0.597. The van der Waals surface area contributed by atoms with E-state index in [4.69, 9.17) is 0 Å². The van der Waals surface area contributed by atoms with Crippen LogP contribution in [-0.2, 0) is 10.0 Å². The van der Waals surface area contributed by atoms with Gasteiger partial charge in [0.05, 0.1) is 11.9 Å². The number of anilines is 1. The summed E-state index contributed by atoms with van der Waals surface area (Å²) in [4.78, 5) is 0. The number of nitrogens with one attached hydrogen (secondary N) is 2. The highest BCUT2D eigenvalue weighted by Gasteiger charge is 2.11. The Balaban J connectivity index is 2.64. The summed E-state index contributed by atoms with van der Waals surface area (Å²) in [6.07, 6.45) is 3.11. The van der Waals surface area contributed by atoms with Crippen LogP contribution in [-0.4, -0.2) is 24.4 Å². The summed E-state index contributed by atoms with van der Waals surface area (Å²) in [6.45, 7) is 3.75. The van der Waals surface area contributed by atoms with Crippen LogP contribution in [0.1, 0.15) is 25.3 Å². The number of hydrogen-bond donors (Lipinski definition) is 2. The number of rotatable bonds is 5. The first-order chi connectivity index (χ1) is 6.55. The molecule has 0 fully saturated rings. The molecule has 0 amide bonds. The molecule has 0 aliphatic rings. The number of aromatic amines is 1. The first kappa shape index (κ1) is 11.0. The van der Waals surface area contributed by atoms with Crippen molar-refractivity contribution in [1.29, 1.82) is 0 Å². The molecule has 80 valence electrons. The van der Waals surface area contributed by atoms with E-state index in [0.717, 1.165) is 12.0 Å². The average molecular weight is 217 g/mol. The van der Waals surface area contributed by atoms with Crippen LogP contribution in [0.25, 0.3) is 0 Å². The van der Waals surface area contributed by atoms with E-state index in [1.165, 1.54) is 0 Å². The van der Waals surface area contributed by atoms with Gasteiger partial charge in [0, 0.05) is 5.56 Å². The molecule has 0 aromatic carbocycles.